The molecule has 0 spiro atoms. The fourth-order valence-corrected chi connectivity index (χ4v) is 4.52. The van der Waals surface area contributed by atoms with Crippen molar-refractivity contribution >= 4 is 17.7 Å². The van der Waals surface area contributed by atoms with E-state index in [-0.39, 0.29) is 29.6 Å². The summed E-state index contributed by atoms with van der Waals surface area (Å²) in [6.45, 7) is 6.07. The highest BCUT2D eigenvalue weighted by Crippen LogP contribution is 2.33. The van der Waals surface area contributed by atoms with Crippen LogP contribution in [0.1, 0.15) is 54.1 Å². The SMILES string of the molecule is CC1(CN)CCN(Cc2cccc3c2C(=O)N(C2CCC(=O)NC2=O)C3)CC1. The Morgan fingerprint density at radius 2 is 1.96 bits per heavy atom. The average Bonchev–Trinajstić information content (AvgIpc) is 3.01. The van der Waals surface area contributed by atoms with E-state index in [9.17, 15) is 14.4 Å². The second kappa shape index (κ2) is 7.29. The number of rotatable bonds is 4. The lowest BCUT2D eigenvalue weighted by Gasteiger charge is -2.38. The fourth-order valence-electron chi connectivity index (χ4n) is 4.52. The number of nitrogens with one attached hydrogen (secondary N) is 1. The molecule has 0 saturated carbocycles. The first-order valence-electron chi connectivity index (χ1n) is 10.1. The number of carbonyl (C=O) groups is 3. The van der Waals surface area contributed by atoms with Gasteiger partial charge in [0.25, 0.3) is 5.91 Å². The number of benzene rings is 1. The minimum Gasteiger partial charge on any atom is -0.330 e. The Balaban J connectivity index is 1.50. The highest BCUT2D eigenvalue weighted by atomic mass is 16.2. The van der Waals surface area contributed by atoms with Crippen LogP contribution < -0.4 is 11.1 Å². The summed E-state index contributed by atoms with van der Waals surface area (Å²) in [5, 5.41) is 2.36. The largest absolute Gasteiger partial charge is 0.330 e. The summed E-state index contributed by atoms with van der Waals surface area (Å²) in [5.41, 5.74) is 8.85. The molecule has 3 aliphatic rings. The number of piperidine rings is 2. The summed E-state index contributed by atoms with van der Waals surface area (Å²) in [4.78, 5) is 40.8. The summed E-state index contributed by atoms with van der Waals surface area (Å²) in [6, 6.07) is 5.40. The van der Waals surface area contributed by atoms with Crippen molar-refractivity contribution in [2.75, 3.05) is 19.6 Å². The maximum atomic E-state index is 13.2. The number of likely N-dealkylation sites (tertiary alicyclic amines) is 1. The molecule has 1 unspecified atom stereocenters. The molecule has 1 atom stereocenters. The van der Waals surface area contributed by atoms with Crippen LogP contribution in [0.25, 0.3) is 0 Å². The molecule has 1 aromatic rings. The summed E-state index contributed by atoms with van der Waals surface area (Å²) in [6.07, 6.45) is 2.80. The van der Waals surface area contributed by atoms with Gasteiger partial charge in [0.15, 0.2) is 0 Å². The summed E-state index contributed by atoms with van der Waals surface area (Å²) in [7, 11) is 0. The lowest BCUT2D eigenvalue weighted by Crippen LogP contribution is -2.52. The number of fused-ring (bicyclic) bond motifs is 1. The van der Waals surface area contributed by atoms with Gasteiger partial charge in [-0.3, -0.25) is 24.6 Å². The third kappa shape index (κ3) is 3.44. The number of nitrogens with zero attached hydrogens (tertiary/aromatic N) is 2. The van der Waals surface area contributed by atoms with Crippen LogP contribution in [0.3, 0.4) is 0 Å². The first kappa shape index (κ1) is 19.1. The van der Waals surface area contributed by atoms with Gasteiger partial charge in [0, 0.05) is 25.1 Å². The molecular formula is C21H28N4O3. The minimum atomic E-state index is -0.564. The van der Waals surface area contributed by atoms with E-state index in [0.717, 1.165) is 49.2 Å². The first-order chi connectivity index (χ1) is 13.4. The third-order valence-corrected chi connectivity index (χ3v) is 6.59. The van der Waals surface area contributed by atoms with Crippen LogP contribution in [0.15, 0.2) is 18.2 Å². The van der Waals surface area contributed by atoms with Crippen molar-refractivity contribution in [3.63, 3.8) is 0 Å². The smallest absolute Gasteiger partial charge is 0.255 e. The van der Waals surface area contributed by atoms with Crippen LogP contribution in [0.2, 0.25) is 0 Å². The molecule has 7 nitrogen and oxygen atoms in total. The molecule has 3 heterocycles. The predicted molar refractivity (Wildman–Crippen MR) is 104 cm³/mol. The Labute approximate surface area is 165 Å². The second-order valence-corrected chi connectivity index (χ2v) is 8.64. The zero-order chi connectivity index (χ0) is 19.9. The topological polar surface area (TPSA) is 95.7 Å². The lowest BCUT2D eigenvalue weighted by molar-refractivity contribution is -0.136. The normalized spacial score (nSPS) is 25.0. The van der Waals surface area contributed by atoms with Crippen LogP contribution in [-0.2, 0) is 22.7 Å². The number of carbonyl (C=O) groups excluding carboxylic acids is 3. The van der Waals surface area contributed by atoms with Gasteiger partial charge in [0.2, 0.25) is 11.8 Å². The number of amides is 3. The Morgan fingerprint density at radius 3 is 2.64 bits per heavy atom. The van der Waals surface area contributed by atoms with Gasteiger partial charge < -0.3 is 10.6 Å². The van der Waals surface area contributed by atoms with Crippen molar-refractivity contribution in [3.05, 3.63) is 34.9 Å². The number of imide groups is 1. The molecule has 0 aromatic heterocycles. The lowest BCUT2D eigenvalue weighted by atomic mass is 9.80. The minimum absolute atomic E-state index is 0.0936. The van der Waals surface area contributed by atoms with Gasteiger partial charge in [0.05, 0.1) is 0 Å². The molecule has 3 amide bonds. The zero-order valence-corrected chi connectivity index (χ0v) is 16.4. The average molecular weight is 384 g/mol. The zero-order valence-electron chi connectivity index (χ0n) is 16.4. The molecular weight excluding hydrogens is 356 g/mol. The Morgan fingerprint density at radius 1 is 1.21 bits per heavy atom. The van der Waals surface area contributed by atoms with Crippen molar-refractivity contribution in [1.29, 1.82) is 0 Å². The third-order valence-electron chi connectivity index (χ3n) is 6.59. The van der Waals surface area contributed by atoms with E-state index in [1.54, 1.807) is 4.90 Å². The number of hydrogen-bond donors (Lipinski definition) is 2. The molecule has 3 aliphatic heterocycles. The van der Waals surface area contributed by atoms with E-state index in [2.05, 4.69) is 17.1 Å². The van der Waals surface area contributed by atoms with Crippen LogP contribution in [0, 0.1) is 5.41 Å². The van der Waals surface area contributed by atoms with Gasteiger partial charge in [-0.25, -0.2) is 0 Å². The van der Waals surface area contributed by atoms with Crippen LogP contribution in [0.5, 0.6) is 0 Å². The van der Waals surface area contributed by atoms with Crippen LogP contribution >= 0.6 is 0 Å². The molecule has 0 bridgehead atoms. The monoisotopic (exact) mass is 384 g/mol. The highest BCUT2D eigenvalue weighted by Gasteiger charge is 2.40. The molecule has 4 rings (SSSR count). The van der Waals surface area contributed by atoms with Gasteiger partial charge in [-0.1, -0.05) is 25.1 Å². The van der Waals surface area contributed by atoms with Gasteiger partial charge in [-0.05, 0) is 55.4 Å². The second-order valence-electron chi connectivity index (χ2n) is 8.64. The summed E-state index contributed by atoms with van der Waals surface area (Å²) < 4.78 is 0. The maximum absolute atomic E-state index is 13.2. The van der Waals surface area contributed by atoms with E-state index in [4.69, 9.17) is 5.73 Å². The number of hydrogen-bond acceptors (Lipinski definition) is 5. The van der Waals surface area contributed by atoms with Crippen LogP contribution in [0.4, 0.5) is 0 Å². The van der Waals surface area contributed by atoms with Gasteiger partial charge in [0.1, 0.15) is 6.04 Å². The molecule has 28 heavy (non-hydrogen) atoms. The van der Waals surface area contributed by atoms with Crippen molar-refractivity contribution in [2.24, 2.45) is 11.1 Å². The Kier molecular flexibility index (Phi) is 4.97. The van der Waals surface area contributed by atoms with Crippen molar-refractivity contribution in [1.82, 2.24) is 15.1 Å². The van der Waals surface area contributed by atoms with E-state index in [1.165, 1.54) is 0 Å². The van der Waals surface area contributed by atoms with Gasteiger partial charge in [-0.15, -0.1) is 0 Å². The molecule has 1 aromatic carbocycles. The van der Waals surface area contributed by atoms with Crippen molar-refractivity contribution < 1.29 is 14.4 Å². The molecule has 3 N–H and O–H groups in total. The van der Waals surface area contributed by atoms with E-state index in [0.29, 0.717) is 19.5 Å². The Hall–Kier alpha value is -2.25. The quantitative estimate of drug-likeness (QED) is 0.756. The van der Waals surface area contributed by atoms with Gasteiger partial charge >= 0.3 is 0 Å². The van der Waals surface area contributed by atoms with E-state index >= 15 is 0 Å². The molecule has 0 radical (unpaired) electrons. The first-order valence-corrected chi connectivity index (χ1v) is 10.1. The predicted octanol–water partition coefficient (Wildman–Crippen LogP) is 1.01. The molecule has 7 heteroatoms. The molecule has 2 fully saturated rings. The molecule has 2 saturated heterocycles. The van der Waals surface area contributed by atoms with Crippen LogP contribution in [-0.4, -0.2) is 53.2 Å². The van der Waals surface area contributed by atoms with Crippen molar-refractivity contribution in [2.45, 2.75) is 51.7 Å². The van der Waals surface area contributed by atoms with E-state index in [1.807, 2.05) is 18.2 Å². The van der Waals surface area contributed by atoms with Crippen molar-refractivity contribution in [3.8, 4) is 0 Å². The maximum Gasteiger partial charge on any atom is 0.255 e. The highest BCUT2D eigenvalue weighted by molar-refractivity contribution is 6.05. The van der Waals surface area contributed by atoms with Gasteiger partial charge in [-0.2, -0.15) is 0 Å². The molecule has 0 aliphatic carbocycles. The summed E-state index contributed by atoms with van der Waals surface area (Å²) in [5.74, 6) is -0.722. The fraction of sp³-hybridized carbons (Fsp3) is 0.571. The molecule has 150 valence electrons. The number of nitrogens with two attached hydrogens (primary N) is 1. The standard InChI is InChI=1S/C21H28N4O3/c1-21(13-22)7-9-24(10-8-21)11-14-3-2-4-15-12-25(20(28)18(14)15)16-5-6-17(26)23-19(16)27/h2-4,16H,5-13,22H2,1H3,(H,23,26,27). The summed E-state index contributed by atoms with van der Waals surface area (Å²) >= 11 is 0. The van der Waals surface area contributed by atoms with E-state index < -0.39 is 6.04 Å². The Bertz CT molecular complexity index is 814.